The summed E-state index contributed by atoms with van der Waals surface area (Å²) >= 11 is 0. The maximum Gasteiger partial charge on any atom is 0.416 e. The number of alkyl halides is 3. The molecule has 1 atom stereocenters. The van der Waals surface area contributed by atoms with Crippen LogP contribution in [-0.2, 0) is 11.0 Å². The summed E-state index contributed by atoms with van der Waals surface area (Å²) < 4.78 is 37.6. The fraction of sp³-hybridized carbons (Fsp3) is 0.533. The standard InChI is InChI=1S/C15H16F3NO/c16-15(17,18)13-3-1-11(2-4-13)12-5-6-14(7-12)8-19(9-14)10-20/h1-4,10,12H,5-9H2. The van der Waals surface area contributed by atoms with E-state index in [1.165, 1.54) is 12.1 Å². The number of likely N-dealkylation sites (tertiary alicyclic amines) is 1. The Bertz CT molecular complexity index is 503. The van der Waals surface area contributed by atoms with Crippen molar-refractivity contribution in [1.82, 2.24) is 4.90 Å². The molecular formula is C15H16F3NO. The molecule has 1 aliphatic heterocycles. The molecule has 2 fully saturated rings. The third-order valence-corrected chi connectivity index (χ3v) is 4.64. The lowest BCUT2D eigenvalue weighted by molar-refractivity contribution is -0.137. The van der Waals surface area contributed by atoms with E-state index in [9.17, 15) is 18.0 Å². The molecule has 1 spiro atoms. The van der Waals surface area contributed by atoms with Crippen molar-refractivity contribution >= 4 is 6.41 Å². The Kier molecular flexibility index (Phi) is 3.03. The lowest BCUT2D eigenvalue weighted by atomic mass is 9.77. The Morgan fingerprint density at radius 1 is 1.20 bits per heavy atom. The van der Waals surface area contributed by atoms with Crippen molar-refractivity contribution < 1.29 is 18.0 Å². The normalized spacial score (nSPS) is 24.8. The third-order valence-electron chi connectivity index (χ3n) is 4.64. The van der Waals surface area contributed by atoms with Gasteiger partial charge < -0.3 is 4.90 Å². The largest absolute Gasteiger partial charge is 0.416 e. The molecule has 0 radical (unpaired) electrons. The molecule has 1 aliphatic carbocycles. The molecular weight excluding hydrogens is 267 g/mol. The van der Waals surface area contributed by atoms with E-state index in [2.05, 4.69) is 0 Å². The first-order valence-electron chi connectivity index (χ1n) is 6.78. The Morgan fingerprint density at radius 2 is 1.85 bits per heavy atom. The monoisotopic (exact) mass is 283 g/mol. The van der Waals surface area contributed by atoms with E-state index < -0.39 is 11.7 Å². The second-order valence-electron chi connectivity index (χ2n) is 6.07. The van der Waals surface area contributed by atoms with Crippen LogP contribution >= 0.6 is 0 Å². The van der Waals surface area contributed by atoms with E-state index in [0.717, 1.165) is 44.3 Å². The molecule has 1 saturated carbocycles. The predicted octanol–water partition coefficient (Wildman–Crippen LogP) is 3.43. The SMILES string of the molecule is O=CN1CC2(CCC(c3ccc(C(F)(F)F)cc3)C2)C1. The Balaban J connectivity index is 1.68. The van der Waals surface area contributed by atoms with Crippen molar-refractivity contribution in [3.63, 3.8) is 0 Å². The van der Waals surface area contributed by atoms with Gasteiger partial charge in [-0.2, -0.15) is 13.2 Å². The molecule has 1 aromatic carbocycles. The maximum absolute atomic E-state index is 12.5. The molecule has 1 amide bonds. The minimum Gasteiger partial charge on any atom is -0.344 e. The van der Waals surface area contributed by atoms with Gasteiger partial charge in [0.2, 0.25) is 6.41 Å². The van der Waals surface area contributed by atoms with Crippen LogP contribution in [0.15, 0.2) is 24.3 Å². The zero-order chi connectivity index (χ0) is 14.4. The van der Waals surface area contributed by atoms with Crippen LogP contribution in [0.4, 0.5) is 13.2 Å². The van der Waals surface area contributed by atoms with Crippen LogP contribution in [0.5, 0.6) is 0 Å². The van der Waals surface area contributed by atoms with Crippen LogP contribution in [0.3, 0.4) is 0 Å². The van der Waals surface area contributed by atoms with Gasteiger partial charge in [-0.25, -0.2) is 0 Å². The molecule has 108 valence electrons. The van der Waals surface area contributed by atoms with Crippen LogP contribution in [0.2, 0.25) is 0 Å². The number of carbonyl (C=O) groups excluding carboxylic acids is 1. The van der Waals surface area contributed by atoms with Crippen LogP contribution < -0.4 is 0 Å². The number of halogens is 3. The summed E-state index contributed by atoms with van der Waals surface area (Å²) in [6, 6.07) is 5.53. The lowest BCUT2D eigenvalue weighted by Crippen LogP contribution is -2.54. The van der Waals surface area contributed by atoms with Crippen molar-refractivity contribution in [2.75, 3.05) is 13.1 Å². The average Bonchev–Trinajstić information content (AvgIpc) is 2.81. The molecule has 3 rings (SSSR count). The highest BCUT2D eigenvalue weighted by atomic mass is 19.4. The van der Waals surface area contributed by atoms with Gasteiger partial charge in [0.05, 0.1) is 5.56 Å². The van der Waals surface area contributed by atoms with Crippen molar-refractivity contribution in [2.45, 2.75) is 31.4 Å². The van der Waals surface area contributed by atoms with Gasteiger partial charge >= 0.3 is 6.18 Å². The summed E-state index contributed by atoms with van der Waals surface area (Å²) in [7, 11) is 0. The van der Waals surface area contributed by atoms with Gasteiger partial charge in [-0.05, 0) is 42.9 Å². The van der Waals surface area contributed by atoms with Crippen LogP contribution in [0.25, 0.3) is 0 Å². The molecule has 2 nitrogen and oxygen atoms in total. The smallest absolute Gasteiger partial charge is 0.344 e. The Morgan fingerprint density at radius 3 is 2.40 bits per heavy atom. The number of hydrogen-bond acceptors (Lipinski definition) is 1. The number of hydrogen-bond donors (Lipinski definition) is 0. The van der Waals surface area contributed by atoms with Crippen molar-refractivity contribution in [3.8, 4) is 0 Å². The zero-order valence-corrected chi connectivity index (χ0v) is 11.0. The van der Waals surface area contributed by atoms with E-state index in [1.54, 1.807) is 17.0 Å². The minimum absolute atomic E-state index is 0.217. The maximum atomic E-state index is 12.5. The van der Waals surface area contributed by atoms with Gasteiger partial charge in [-0.1, -0.05) is 12.1 Å². The summed E-state index contributed by atoms with van der Waals surface area (Å²) in [5.41, 5.74) is 0.609. The van der Waals surface area contributed by atoms with E-state index >= 15 is 0 Å². The molecule has 0 N–H and O–H groups in total. The molecule has 0 bridgehead atoms. The predicted molar refractivity (Wildman–Crippen MR) is 68.1 cm³/mol. The zero-order valence-electron chi connectivity index (χ0n) is 11.0. The first kappa shape index (κ1) is 13.5. The molecule has 20 heavy (non-hydrogen) atoms. The quantitative estimate of drug-likeness (QED) is 0.761. The number of benzene rings is 1. The Labute approximate surface area is 115 Å². The summed E-state index contributed by atoms with van der Waals surface area (Å²) in [6.45, 7) is 1.60. The second kappa shape index (κ2) is 4.50. The van der Waals surface area contributed by atoms with Gasteiger partial charge in [0.1, 0.15) is 0 Å². The van der Waals surface area contributed by atoms with E-state index in [0.29, 0.717) is 5.92 Å². The first-order chi connectivity index (χ1) is 9.42. The molecule has 5 heteroatoms. The van der Waals surface area contributed by atoms with Gasteiger partial charge in [-0.15, -0.1) is 0 Å². The Hall–Kier alpha value is -1.52. The highest BCUT2D eigenvalue weighted by Crippen LogP contribution is 2.51. The van der Waals surface area contributed by atoms with E-state index in [-0.39, 0.29) is 5.41 Å². The van der Waals surface area contributed by atoms with Gasteiger partial charge in [-0.3, -0.25) is 4.79 Å². The fourth-order valence-corrected chi connectivity index (χ4v) is 3.61. The number of nitrogens with zero attached hydrogens (tertiary/aromatic N) is 1. The average molecular weight is 283 g/mol. The van der Waals surface area contributed by atoms with Crippen LogP contribution in [0.1, 0.15) is 36.3 Å². The first-order valence-corrected chi connectivity index (χ1v) is 6.78. The van der Waals surface area contributed by atoms with Crippen molar-refractivity contribution in [3.05, 3.63) is 35.4 Å². The topological polar surface area (TPSA) is 20.3 Å². The highest BCUT2D eigenvalue weighted by molar-refractivity contribution is 5.49. The van der Waals surface area contributed by atoms with Crippen LogP contribution in [-0.4, -0.2) is 24.4 Å². The molecule has 1 aromatic rings. The molecule has 1 heterocycles. The number of carbonyl (C=O) groups is 1. The lowest BCUT2D eigenvalue weighted by Gasteiger charge is -2.46. The fourth-order valence-electron chi connectivity index (χ4n) is 3.61. The van der Waals surface area contributed by atoms with Gasteiger partial charge in [0.15, 0.2) is 0 Å². The summed E-state index contributed by atoms with van der Waals surface area (Å²) in [4.78, 5) is 12.4. The number of amides is 1. The second-order valence-corrected chi connectivity index (χ2v) is 6.07. The minimum atomic E-state index is -4.27. The van der Waals surface area contributed by atoms with E-state index in [4.69, 9.17) is 0 Å². The molecule has 1 saturated heterocycles. The third kappa shape index (κ3) is 2.30. The summed E-state index contributed by atoms with van der Waals surface area (Å²) in [5, 5.41) is 0. The van der Waals surface area contributed by atoms with Crippen molar-refractivity contribution in [1.29, 1.82) is 0 Å². The van der Waals surface area contributed by atoms with Crippen LogP contribution in [0, 0.1) is 5.41 Å². The van der Waals surface area contributed by atoms with Gasteiger partial charge in [0.25, 0.3) is 0 Å². The molecule has 2 aliphatic rings. The number of rotatable bonds is 2. The summed E-state index contributed by atoms with van der Waals surface area (Å²) in [5.74, 6) is 0.325. The van der Waals surface area contributed by atoms with Crippen molar-refractivity contribution in [2.24, 2.45) is 5.41 Å². The van der Waals surface area contributed by atoms with E-state index in [1.807, 2.05) is 0 Å². The van der Waals surface area contributed by atoms with Gasteiger partial charge in [0, 0.05) is 18.5 Å². The highest BCUT2D eigenvalue weighted by Gasteiger charge is 2.47. The summed E-state index contributed by atoms with van der Waals surface area (Å²) in [6.07, 6.45) is -0.367. The molecule has 1 unspecified atom stereocenters. The molecule has 0 aromatic heterocycles.